The topological polar surface area (TPSA) is 38.0 Å². The summed E-state index contributed by atoms with van der Waals surface area (Å²) in [4.78, 5) is 0. The van der Waals surface area contributed by atoms with Gasteiger partial charge in [0.15, 0.2) is 5.11 Å². The van der Waals surface area contributed by atoms with E-state index in [1.165, 1.54) is 0 Å². The van der Waals surface area contributed by atoms with E-state index in [-0.39, 0.29) is 10.8 Å². The van der Waals surface area contributed by atoms with Gasteiger partial charge in [0.25, 0.3) is 0 Å². The lowest BCUT2D eigenvalue weighted by molar-refractivity contribution is -0.140. The predicted molar refractivity (Wildman–Crippen MR) is 59.5 cm³/mol. The van der Waals surface area contributed by atoms with E-state index in [0.29, 0.717) is 6.07 Å². The summed E-state index contributed by atoms with van der Waals surface area (Å²) in [6, 6.07) is 1.79. The Morgan fingerprint density at radius 2 is 1.94 bits per heavy atom. The molecule has 0 saturated heterocycles. The molecule has 8 heteroatoms. The highest BCUT2D eigenvalue weighted by Crippen LogP contribution is 2.40. The Bertz CT molecular complexity index is 433. The summed E-state index contributed by atoms with van der Waals surface area (Å²) in [5, 5.41) is 2.10. The number of hydrogen-bond acceptors (Lipinski definition) is 1. The first-order valence-corrected chi connectivity index (χ1v) is 5.05. The van der Waals surface area contributed by atoms with Crippen LogP contribution in [-0.2, 0) is 6.18 Å². The summed E-state index contributed by atoms with van der Waals surface area (Å²) in [5.74, 6) is -1.37. The number of halogens is 5. The third-order valence-electron chi connectivity index (χ3n) is 1.63. The second kappa shape index (κ2) is 4.54. The van der Waals surface area contributed by atoms with Crippen molar-refractivity contribution in [1.82, 2.24) is 0 Å². The predicted octanol–water partition coefficient (Wildman–Crippen LogP) is 3.26. The van der Waals surface area contributed by atoms with Gasteiger partial charge in [-0.2, -0.15) is 13.2 Å². The van der Waals surface area contributed by atoms with Crippen LogP contribution in [0.1, 0.15) is 5.56 Å². The van der Waals surface area contributed by atoms with Gasteiger partial charge in [-0.15, -0.1) is 0 Å². The van der Waals surface area contributed by atoms with Crippen molar-refractivity contribution >= 4 is 38.9 Å². The number of nitrogens with two attached hydrogens (primary N) is 1. The number of benzene rings is 1. The van der Waals surface area contributed by atoms with Gasteiger partial charge in [0, 0.05) is 0 Å². The van der Waals surface area contributed by atoms with Crippen LogP contribution in [0.5, 0.6) is 0 Å². The van der Waals surface area contributed by atoms with Crippen molar-refractivity contribution in [3.05, 3.63) is 28.0 Å². The Labute approximate surface area is 102 Å². The Kier molecular flexibility index (Phi) is 3.74. The third kappa shape index (κ3) is 2.82. The first kappa shape index (κ1) is 13.2. The number of alkyl halides is 3. The quantitative estimate of drug-likeness (QED) is 0.617. The van der Waals surface area contributed by atoms with E-state index in [0.717, 1.165) is 6.07 Å². The maximum absolute atomic E-state index is 13.0. The summed E-state index contributed by atoms with van der Waals surface area (Å²) >= 11 is 7.14. The van der Waals surface area contributed by atoms with E-state index in [9.17, 15) is 17.6 Å². The molecule has 0 spiro atoms. The normalized spacial score (nSPS) is 11.3. The second-order valence-electron chi connectivity index (χ2n) is 2.77. The first-order valence-electron chi connectivity index (χ1n) is 3.85. The maximum atomic E-state index is 13.0. The molecule has 0 bridgehead atoms. The molecule has 0 aromatic heterocycles. The van der Waals surface area contributed by atoms with Gasteiger partial charge < -0.3 is 11.1 Å². The van der Waals surface area contributed by atoms with E-state index in [1.54, 1.807) is 0 Å². The lowest BCUT2D eigenvalue weighted by Gasteiger charge is -2.14. The molecule has 0 heterocycles. The van der Waals surface area contributed by atoms with Crippen LogP contribution in [0.4, 0.5) is 23.2 Å². The zero-order chi connectivity index (χ0) is 12.5. The molecular formula is C8H5BrF4N2S. The molecule has 0 saturated carbocycles. The van der Waals surface area contributed by atoms with Gasteiger partial charge in [-0.1, -0.05) is 0 Å². The lowest BCUT2D eigenvalue weighted by atomic mass is 10.2. The molecular weight excluding hydrogens is 312 g/mol. The van der Waals surface area contributed by atoms with Crippen LogP contribution in [-0.4, -0.2) is 5.11 Å². The molecule has 0 amide bonds. The van der Waals surface area contributed by atoms with Gasteiger partial charge >= 0.3 is 6.18 Å². The molecule has 0 radical (unpaired) electrons. The minimum Gasteiger partial charge on any atom is -0.376 e. The molecule has 16 heavy (non-hydrogen) atoms. The summed E-state index contributed by atoms with van der Waals surface area (Å²) < 4.78 is 50.0. The molecule has 0 aliphatic rings. The summed E-state index contributed by atoms with van der Waals surface area (Å²) in [7, 11) is 0. The van der Waals surface area contributed by atoms with Gasteiger partial charge in [0.2, 0.25) is 0 Å². The van der Waals surface area contributed by atoms with E-state index in [1.807, 2.05) is 0 Å². The molecule has 0 unspecified atom stereocenters. The zero-order valence-electron chi connectivity index (χ0n) is 7.53. The number of hydrogen-bond donors (Lipinski definition) is 2. The molecule has 0 aliphatic heterocycles. The Balaban J connectivity index is 3.33. The van der Waals surface area contributed by atoms with Crippen LogP contribution in [0.25, 0.3) is 0 Å². The molecule has 1 rings (SSSR count). The highest BCUT2D eigenvalue weighted by atomic mass is 79.9. The summed E-state index contributed by atoms with van der Waals surface area (Å²) in [6.45, 7) is 0. The average Bonchev–Trinajstić information content (AvgIpc) is 2.07. The number of anilines is 1. The van der Waals surface area contributed by atoms with E-state index in [4.69, 9.17) is 5.73 Å². The minimum atomic E-state index is -4.79. The first-order chi connectivity index (χ1) is 7.23. The van der Waals surface area contributed by atoms with Crippen molar-refractivity contribution in [3.8, 4) is 0 Å². The fourth-order valence-electron chi connectivity index (χ4n) is 1.04. The fourth-order valence-corrected chi connectivity index (χ4v) is 1.80. The minimum absolute atomic E-state index is 0.0405. The van der Waals surface area contributed by atoms with Crippen LogP contribution in [0.3, 0.4) is 0 Å². The standard InChI is InChI=1S/C8H5BrF4N2S/c9-6-4(15-7(14)16)2-1-3(10)5(6)8(11,12)13/h1-2H,(H3,14,15,16). The van der Waals surface area contributed by atoms with E-state index >= 15 is 0 Å². The van der Waals surface area contributed by atoms with Crippen molar-refractivity contribution in [2.75, 3.05) is 5.32 Å². The molecule has 1 aromatic carbocycles. The van der Waals surface area contributed by atoms with Crippen LogP contribution in [0.2, 0.25) is 0 Å². The van der Waals surface area contributed by atoms with Crippen LogP contribution in [0, 0.1) is 5.82 Å². The van der Waals surface area contributed by atoms with E-state index in [2.05, 4.69) is 33.5 Å². The highest BCUT2D eigenvalue weighted by molar-refractivity contribution is 9.10. The van der Waals surface area contributed by atoms with Gasteiger partial charge in [-0.3, -0.25) is 0 Å². The monoisotopic (exact) mass is 316 g/mol. The summed E-state index contributed by atoms with van der Waals surface area (Å²) in [6.07, 6.45) is -4.79. The average molecular weight is 317 g/mol. The van der Waals surface area contributed by atoms with Crippen molar-refractivity contribution in [2.45, 2.75) is 6.18 Å². The highest BCUT2D eigenvalue weighted by Gasteiger charge is 2.37. The van der Waals surface area contributed by atoms with Gasteiger partial charge in [0.05, 0.1) is 10.2 Å². The molecule has 3 N–H and O–H groups in total. The van der Waals surface area contributed by atoms with Crippen LogP contribution >= 0.6 is 28.1 Å². The van der Waals surface area contributed by atoms with Crippen molar-refractivity contribution in [3.63, 3.8) is 0 Å². The smallest absolute Gasteiger partial charge is 0.376 e. The Morgan fingerprint density at radius 1 is 1.38 bits per heavy atom. The fraction of sp³-hybridized carbons (Fsp3) is 0.125. The molecule has 88 valence electrons. The molecule has 1 aromatic rings. The Morgan fingerprint density at radius 3 is 2.38 bits per heavy atom. The SMILES string of the molecule is NC(=S)Nc1ccc(F)c(C(F)(F)F)c1Br. The van der Waals surface area contributed by atoms with Crippen molar-refractivity contribution in [2.24, 2.45) is 5.73 Å². The molecule has 0 fully saturated rings. The zero-order valence-corrected chi connectivity index (χ0v) is 9.93. The largest absolute Gasteiger partial charge is 0.420 e. The lowest BCUT2D eigenvalue weighted by Crippen LogP contribution is -2.20. The molecule has 2 nitrogen and oxygen atoms in total. The van der Waals surface area contributed by atoms with Crippen molar-refractivity contribution < 1.29 is 17.6 Å². The van der Waals surface area contributed by atoms with Gasteiger partial charge in [0.1, 0.15) is 11.4 Å². The van der Waals surface area contributed by atoms with Gasteiger partial charge in [-0.05, 0) is 40.3 Å². The van der Waals surface area contributed by atoms with E-state index < -0.39 is 22.0 Å². The number of rotatable bonds is 1. The molecule has 0 aliphatic carbocycles. The van der Waals surface area contributed by atoms with Crippen LogP contribution in [0.15, 0.2) is 16.6 Å². The summed E-state index contributed by atoms with van der Waals surface area (Å²) in [5.41, 5.74) is 3.68. The number of thiocarbonyl (C=S) groups is 1. The number of nitrogens with one attached hydrogen (secondary N) is 1. The van der Waals surface area contributed by atoms with Crippen LogP contribution < -0.4 is 11.1 Å². The Hall–Kier alpha value is -0.890. The van der Waals surface area contributed by atoms with Crippen molar-refractivity contribution in [1.29, 1.82) is 0 Å². The second-order valence-corrected chi connectivity index (χ2v) is 4.00. The maximum Gasteiger partial charge on any atom is 0.420 e. The van der Waals surface area contributed by atoms with Gasteiger partial charge in [-0.25, -0.2) is 4.39 Å². The molecule has 0 atom stereocenters. The third-order valence-corrected chi connectivity index (χ3v) is 2.56.